The summed E-state index contributed by atoms with van der Waals surface area (Å²) in [4.78, 5) is 5.12. The summed E-state index contributed by atoms with van der Waals surface area (Å²) in [5, 5.41) is 0. The maximum Gasteiger partial charge on any atom is 0.0109 e. The second kappa shape index (κ2) is 6.72. The van der Waals surface area contributed by atoms with Crippen molar-refractivity contribution in [3.05, 3.63) is 0 Å². The van der Waals surface area contributed by atoms with Gasteiger partial charge in [0.15, 0.2) is 0 Å². The van der Waals surface area contributed by atoms with Gasteiger partial charge in [-0.15, -0.1) is 0 Å². The van der Waals surface area contributed by atoms with Crippen molar-refractivity contribution in [2.75, 3.05) is 39.8 Å². The third kappa shape index (κ3) is 4.57. The van der Waals surface area contributed by atoms with Gasteiger partial charge in [0.1, 0.15) is 0 Å². The van der Waals surface area contributed by atoms with Crippen molar-refractivity contribution in [3.63, 3.8) is 0 Å². The number of likely N-dealkylation sites (N-methyl/N-ethyl adjacent to an activating group) is 1. The van der Waals surface area contributed by atoms with Crippen LogP contribution in [-0.4, -0.2) is 55.6 Å². The summed E-state index contributed by atoms with van der Waals surface area (Å²) in [6.45, 7) is 6.38. The second-order valence-electron chi connectivity index (χ2n) is 6.10. The molecule has 17 heavy (non-hydrogen) atoms. The molecule has 2 atom stereocenters. The SMILES string of the molecule is CN(CCN1CCCC1)CC1CCCC(N)C1. The number of rotatable bonds is 5. The number of nitrogens with two attached hydrogens (primary N) is 1. The Morgan fingerprint density at radius 2 is 1.94 bits per heavy atom. The fourth-order valence-electron chi connectivity index (χ4n) is 3.35. The van der Waals surface area contributed by atoms with E-state index in [1.54, 1.807) is 0 Å². The van der Waals surface area contributed by atoms with Gasteiger partial charge >= 0.3 is 0 Å². The van der Waals surface area contributed by atoms with Crippen molar-refractivity contribution in [1.82, 2.24) is 9.80 Å². The fraction of sp³-hybridized carbons (Fsp3) is 1.00. The smallest absolute Gasteiger partial charge is 0.0109 e. The minimum Gasteiger partial charge on any atom is -0.328 e. The first-order chi connectivity index (χ1) is 8.24. The molecule has 0 aromatic rings. The van der Waals surface area contributed by atoms with Crippen molar-refractivity contribution in [2.45, 2.75) is 44.6 Å². The topological polar surface area (TPSA) is 32.5 Å². The van der Waals surface area contributed by atoms with Crippen molar-refractivity contribution >= 4 is 0 Å². The summed E-state index contributed by atoms with van der Waals surface area (Å²) in [7, 11) is 2.27. The number of hydrogen-bond acceptors (Lipinski definition) is 3. The van der Waals surface area contributed by atoms with Crippen molar-refractivity contribution in [1.29, 1.82) is 0 Å². The molecule has 1 aliphatic heterocycles. The van der Waals surface area contributed by atoms with E-state index in [0.717, 1.165) is 5.92 Å². The van der Waals surface area contributed by atoms with Gasteiger partial charge in [-0.3, -0.25) is 0 Å². The van der Waals surface area contributed by atoms with E-state index in [-0.39, 0.29) is 0 Å². The summed E-state index contributed by atoms with van der Waals surface area (Å²) in [6.07, 6.45) is 8.03. The first-order valence-electron chi connectivity index (χ1n) is 7.40. The quantitative estimate of drug-likeness (QED) is 0.790. The molecule has 0 bridgehead atoms. The van der Waals surface area contributed by atoms with Crippen LogP contribution in [0.1, 0.15) is 38.5 Å². The first kappa shape index (κ1) is 13.3. The lowest BCUT2D eigenvalue weighted by Gasteiger charge is -2.30. The molecule has 1 heterocycles. The molecular weight excluding hydrogens is 210 g/mol. The molecule has 1 saturated carbocycles. The predicted octanol–water partition coefficient (Wildman–Crippen LogP) is 1.53. The van der Waals surface area contributed by atoms with E-state index in [2.05, 4.69) is 16.8 Å². The Kier molecular flexibility index (Phi) is 5.26. The molecule has 0 aromatic carbocycles. The van der Waals surface area contributed by atoms with Gasteiger partial charge in [0, 0.05) is 25.7 Å². The van der Waals surface area contributed by atoms with Crippen LogP contribution in [0.4, 0.5) is 0 Å². The lowest BCUT2D eigenvalue weighted by Crippen LogP contribution is -2.37. The van der Waals surface area contributed by atoms with Crippen molar-refractivity contribution in [2.24, 2.45) is 11.7 Å². The van der Waals surface area contributed by atoms with Crippen LogP contribution in [0.3, 0.4) is 0 Å². The molecule has 0 aromatic heterocycles. The van der Waals surface area contributed by atoms with Gasteiger partial charge in [-0.05, 0) is 58.2 Å². The molecular formula is C14H29N3. The monoisotopic (exact) mass is 239 g/mol. The van der Waals surface area contributed by atoms with E-state index >= 15 is 0 Å². The van der Waals surface area contributed by atoms with Crippen LogP contribution in [0.25, 0.3) is 0 Å². The van der Waals surface area contributed by atoms with Crippen molar-refractivity contribution in [3.8, 4) is 0 Å². The standard InChI is InChI=1S/C14H29N3/c1-16(9-10-17-7-2-3-8-17)12-13-5-4-6-14(15)11-13/h13-14H,2-12,15H2,1H3. The maximum absolute atomic E-state index is 6.05. The Bertz CT molecular complexity index is 214. The zero-order valence-electron chi connectivity index (χ0n) is 11.4. The normalized spacial score (nSPS) is 31.2. The van der Waals surface area contributed by atoms with Crippen molar-refractivity contribution < 1.29 is 0 Å². The minimum absolute atomic E-state index is 0.473. The molecule has 3 nitrogen and oxygen atoms in total. The van der Waals surface area contributed by atoms with E-state index in [1.165, 1.54) is 71.2 Å². The molecule has 0 spiro atoms. The second-order valence-corrected chi connectivity index (χ2v) is 6.10. The van der Waals surface area contributed by atoms with E-state index in [1.807, 2.05) is 0 Å². The van der Waals surface area contributed by atoms with E-state index in [0.29, 0.717) is 6.04 Å². The van der Waals surface area contributed by atoms with Crippen LogP contribution in [0.5, 0.6) is 0 Å². The van der Waals surface area contributed by atoms with Crippen LogP contribution < -0.4 is 5.73 Å². The molecule has 100 valence electrons. The average Bonchev–Trinajstić information content (AvgIpc) is 2.79. The van der Waals surface area contributed by atoms with Gasteiger partial charge in [-0.2, -0.15) is 0 Å². The highest BCUT2D eigenvalue weighted by atomic mass is 15.2. The van der Waals surface area contributed by atoms with Gasteiger partial charge < -0.3 is 15.5 Å². The molecule has 2 N–H and O–H groups in total. The lowest BCUT2D eigenvalue weighted by atomic mass is 9.86. The Hall–Kier alpha value is -0.120. The molecule has 2 fully saturated rings. The molecule has 2 aliphatic rings. The van der Waals surface area contributed by atoms with Crippen LogP contribution in [0, 0.1) is 5.92 Å². The highest BCUT2D eigenvalue weighted by Crippen LogP contribution is 2.23. The Morgan fingerprint density at radius 3 is 2.65 bits per heavy atom. The minimum atomic E-state index is 0.473. The molecule has 1 aliphatic carbocycles. The van der Waals surface area contributed by atoms with Crippen LogP contribution in [0.15, 0.2) is 0 Å². The van der Waals surface area contributed by atoms with Gasteiger partial charge in [0.2, 0.25) is 0 Å². The third-order valence-electron chi connectivity index (χ3n) is 4.39. The van der Waals surface area contributed by atoms with Crippen LogP contribution >= 0.6 is 0 Å². The van der Waals surface area contributed by atoms with E-state index in [9.17, 15) is 0 Å². The maximum atomic E-state index is 6.05. The molecule has 2 rings (SSSR count). The lowest BCUT2D eigenvalue weighted by molar-refractivity contribution is 0.199. The zero-order chi connectivity index (χ0) is 12.1. The molecule has 2 unspecified atom stereocenters. The van der Waals surface area contributed by atoms with Crippen LogP contribution in [0.2, 0.25) is 0 Å². The number of nitrogens with zero attached hydrogens (tertiary/aromatic N) is 2. The third-order valence-corrected chi connectivity index (χ3v) is 4.39. The van der Waals surface area contributed by atoms with E-state index < -0.39 is 0 Å². The number of likely N-dealkylation sites (tertiary alicyclic amines) is 1. The van der Waals surface area contributed by atoms with Crippen LogP contribution in [-0.2, 0) is 0 Å². The molecule has 1 saturated heterocycles. The fourth-order valence-corrected chi connectivity index (χ4v) is 3.35. The Morgan fingerprint density at radius 1 is 1.18 bits per heavy atom. The molecule has 3 heteroatoms. The van der Waals surface area contributed by atoms with E-state index in [4.69, 9.17) is 5.73 Å². The summed E-state index contributed by atoms with van der Waals surface area (Å²) >= 11 is 0. The largest absolute Gasteiger partial charge is 0.328 e. The van der Waals surface area contributed by atoms with Gasteiger partial charge in [0.25, 0.3) is 0 Å². The predicted molar refractivity (Wildman–Crippen MR) is 73.1 cm³/mol. The summed E-state index contributed by atoms with van der Waals surface area (Å²) in [5.41, 5.74) is 6.05. The molecule has 0 amide bonds. The zero-order valence-corrected chi connectivity index (χ0v) is 11.4. The van der Waals surface area contributed by atoms with Gasteiger partial charge in [-0.25, -0.2) is 0 Å². The average molecular weight is 239 g/mol. The summed E-state index contributed by atoms with van der Waals surface area (Å²) < 4.78 is 0. The summed E-state index contributed by atoms with van der Waals surface area (Å²) in [6, 6.07) is 0.473. The highest BCUT2D eigenvalue weighted by Gasteiger charge is 2.20. The summed E-state index contributed by atoms with van der Waals surface area (Å²) in [5.74, 6) is 0.849. The Labute approximate surface area is 106 Å². The first-order valence-corrected chi connectivity index (χ1v) is 7.40. The molecule has 0 radical (unpaired) electrons. The highest BCUT2D eigenvalue weighted by molar-refractivity contribution is 4.77. The Balaban J connectivity index is 1.60. The number of hydrogen-bond donors (Lipinski definition) is 1. The van der Waals surface area contributed by atoms with Gasteiger partial charge in [0.05, 0.1) is 0 Å². The van der Waals surface area contributed by atoms with Gasteiger partial charge in [-0.1, -0.05) is 6.42 Å².